The molecule has 1 amide bonds. The van der Waals surface area contributed by atoms with Crippen LogP contribution in [0.2, 0.25) is 0 Å². The second-order valence-corrected chi connectivity index (χ2v) is 7.52. The van der Waals surface area contributed by atoms with Gasteiger partial charge >= 0.3 is 0 Å². The number of methoxy groups -OCH3 is 1. The molecule has 1 aromatic heterocycles. The summed E-state index contributed by atoms with van der Waals surface area (Å²) in [5, 5.41) is 4.26. The van der Waals surface area contributed by atoms with E-state index in [0.29, 0.717) is 24.5 Å². The van der Waals surface area contributed by atoms with Gasteiger partial charge < -0.3 is 9.64 Å². The van der Waals surface area contributed by atoms with Crippen molar-refractivity contribution in [2.24, 2.45) is 12.5 Å². The van der Waals surface area contributed by atoms with Crippen LogP contribution in [0, 0.1) is 12.3 Å². The van der Waals surface area contributed by atoms with Crippen LogP contribution < -0.4 is 0 Å². The van der Waals surface area contributed by atoms with Crippen molar-refractivity contribution in [3.8, 4) is 0 Å². The lowest BCUT2D eigenvalue weighted by Gasteiger charge is -2.42. The molecule has 2 aliphatic rings. The van der Waals surface area contributed by atoms with E-state index in [2.05, 4.69) is 23.8 Å². The Morgan fingerprint density at radius 1 is 1.48 bits per heavy atom. The maximum absolute atomic E-state index is 12.8. The molecule has 128 valence electrons. The number of likely N-dealkylation sites (tertiary alicyclic amines) is 1. The van der Waals surface area contributed by atoms with Gasteiger partial charge in [0.25, 0.3) is 0 Å². The van der Waals surface area contributed by atoms with Gasteiger partial charge in [0.05, 0.1) is 12.3 Å². The smallest absolute Gasteiger partial charge is 0.223 e. The van der Waals surface area contributed by atoms with Crippen LogP contribution in [0.5, 0.6) is 0 Å². The molecule has 0 aromatic carbocycles. The van der Waals surface area contributed by atoms with Crippen LogP contribution in [0.1, 0.15) is 50.3 Å². The topological polar surface area (TPSA) is 47.4 Å². The highest BCUT2D eigenvalue weighted by atomic mass is 16.5. The summed E-state index contributed by atoms with van der Waals surface area (Å²) in [6.45, 7) is 5.30. The molecule has 23 heavy (non-hydrogen) atoms. The van der Waals surface area contributed by atoms with Gasteiger partial charge in [-0.25, -0.2) is 0 Å². The number of carbonyl (C=O) groups excluding carboxylic acids is 1. The maximum Gasteiger partial charge on any atom is 0.223 e. The highest BCUT2D eigenvalue weighted by Crippen LogP contribution is 2.47. The molecular weight excluding hydrogens is 290 g/mol. The van der Waals surface area contributed by atoms with Crippen molar-refractivity contribution in [3.05, 3.63) is 17.5 Å². The quantitative estimate of drug-likeness (QED) is 0.856. The number of hydrogen-bond donors (Lipinski definition) is 0. The summed E-state index contributed by atoms with van der Waals surface area (Å²) in [7, 11) is 3.75. The Morgan fingerprint density at radius 3 is 2.91 bits per heavy atom. The zero-order valence-electron chi connectivity index (χ0n) is 14.8. The fraction of sp³-hybridized carbons (Fsp3) is 0.778. The number of carbonyl (C=O) groups is 1. The number of rotatable bonds is 4. The number of fused-ring (bicyclic) bond motifs is 1. The monoisotopic (exact) mass is 319 g/mol. The summed E-state index contributed by atoms with van der Waals surface area (Å²) >= 11 is 0. The fourth-order valence-electron chi connectivity index (χ4n) is 4.46. The molecular formula is C18H29N3O2. The molecule has 1 aliphatic carbocycles. The van der Waals surface area contributed by atoms with Crippen molar-refractivity contribution in [1.29, 1.82) is 0 Å². The Labute approximate surface area is 139 Å². The third kappa shape index (κ3) is 3.03. The number of nitrogens with zero attached hydrogens (tertiary/aromatic N) is 3. The molecule has 1 aliphatic heterocycles. The van der Waals surface area contributed by atoms with E-state index < -0.39 is 0 Å². The van der Waals surface area contributed by atoms with Crippen molar-refractivity contribution in [3.63, 3.8) is 0 Å². The van der Waals surface area contributed by atoms with E-state index >= 15 is 0 Å². The SMILES string of the molecule is CO[C@@H]1CC[C@H]2N(C(=O)CCc3cnn(C)c3C)CC[C@@]2(C)C1. The first kappa shape index (κ1) is 16.5. The van der Waals surface area contributed by atoms with Crippen LogP contribution in [0.15, 0.2) is 6.20 Å². The molecule has 0 unspecified atom stereocenters. The van der Waals surface area contributed by atoms with E-state index in [4.69, 9.17) is 4.74 Å². The van der Waals surface area contributed by atoms with Gasteiger partial charge in [-0.2, -0.15) is 5.10 Å². The van der Waals surface area contributed by atoms with Gasteiger partial charge in [0.2, 0.25) is 5.91 Å². The lowest BCUT2D eigenvalue weighted by molar-refractivity contribution is -0.134. The average Bonchev–Trinajstić information content (AvgIpc) is 3.05. The minimum atomic E-state index is 0.235. The van der Waals surface area contributed by atoms with Crippen LogP contribution in [0.3, 0.4) is 0 Å². The number of amides is 1. The van der Waals surface area contributed by atoms with Crippen LogP contribution in [0.25, 0.3) is 0 Å². The Balaban J connectivity index is 1.61. The minimum absolute atomic E-state index is 0.235. The summed E-state index contributed by atoms with van der Waals surface area (Å²) in [6, 6.07) is 0.399. The molecule has 3 rings (SSSR count). The predicted octanol–water partition coefficient (Wildman–Crippen LogP) is 2.47. The molecule has 0 radical (unpaired) electrons. The molecule has 3 atom stereocenters. The zero-order valence-corrected chi connectivity index (χ0v) is 14.8. The Morgan fingerprint density at radius 2 is 2.26 bits per heavy atom. The van der Waals surface area contributed by atoms with Crippen LogP contribution in [-0.4, -0.2) is 46.4 Å². The third-order valence-corrected chi connectivity index (χ3v) is 6.16. The first-order chi connectivity index (χ1) is 10.9. The van der Waals surface area contributed by atoms with Crippen molar-refractivity contribution < 1.29 is 9.53 Å². The molecule has 2 fully saturated rings. The molecule has 0 N–H and O–H groups in total. The first-order valence-electron chi connectivity index (χ1n) is 8.74. The summed E-state index contributed by atoms with van der Waals surface area (Å²) < 4.78 is 7.44. The Hall–Kier alpha value is -1.36. The molecule has 0 spiro atoms. The van der Waals surface area contributed by atoms with Gasteiger partial charge in [0.1, 0.15) is 0 Å². The van der Waals surface area contributed by atoms with E-state index in [-0.39, 0.29) is 5.41 Å². The lowest BCUT2D eigenvalue weighted by Crippen LogP contribution is -2.46. The Bertz CT molecular complexity index is 583. The summed E-state index contributed by atoms with van der Waals surface area (Å²) in [5.41, 5.74) is 2.58. The highest BCUT2D eigenvalue weighted by molar-refractivity contribution is 5.77. The third-order valence-electron chi connectivity index (χ3n) is 6.16. The van der Waals surface area contributed by atoms with E-state index in [1.54, 1.807) is 0 Å². The average molecular weight is 319 g/mol. The summed E-state index contributed by atoms with van der Waals surface area (Å²) in [4.78, 5) is 14.9. The normalized spacial score (nSPS) is 30.5. The standard InChI is InChI=1S/C18H29N3O2/c1-13-14(12-19-20(13)3)5-8-17(22)21-10-9-18(2)11-15(23-4)6-7-16(18)21/h12,15-16H,5-11H2,1-4H3/t15-,16-,18+/m1/s1. The second-order valence-electron chi connectivity index (χ2n) is 7.52. The van der Waals surface area contributed by atoms with Gasteiger partial charge in [-0.05, 0) is 50.0 Å². The molecule has 1 saturated heterocycles. The van der Waals surface area contributed by atoms with Gasteiger partial charge in [-0.1, -0.05) is 6.92 Å². The van der Waals surface area contributed by atoms with Gasteiger partial charge in [0.15, 0.2) is 0 Å². The second kappa shape index (κ2) is 6.27. The zero-order chi connectivity index (χ0) is 16.6. The number of aryl methyl sites for hydroxylation is 2. The molecule has 1 aromatic rings. The number of hydrogen-bond acceptors (Lipinski definition) is 3. The molecule has 5 heteroatoms. The number of ether oxygens (including phenoxy) is 1. The number of aromatic nitrogens is 2. The van der Waals surface area contributed by atoms with E-state index in [1.165, 1.54) is 5.56 Å². The van der Waals surface area contributed by atoms with Crippen molar-refractivity contribution in [1.82, 2.24) is 14.7 Å². The first-order valence-corrected chi connectivity index (χ1v) is 8.74. The van der Waals surface area contributed by atoms with Crippen molar-refractivity contribution in [2.75, 3.05) is 13.7 Å². The molecule has 0 bridgehead atoms. The van der Waals surface area contributed by atoms with Gasteiger partial charge in [-0.15, -0.1) is 0 Å². The minimum Gasteiger partial charge on any atom is -0.381 e. The summed E-state index contributed by atoms with van der Waals surface area (Å²) in [5.74, 6) is 0.304. The molecule has 2 heterocycles. The van der Waals surface area contributed by atoms with E-state index in [1.807, 2.05) is 25.0 Å². The van der Waals surface area contributed by atoms with Gasteiger partial charge in [0, 0.05) is 38.9 Å². The van der Waals surface area contributed by atoms with E-state index in [9.17, 15) is 4.79 Å². The Kier molecular flexibility index (Phi) is 4.50. The fourth-order valence-corrected chi connectivity index (χ4v) is 4.46. The van der Waals surface area contributed by atoms with Crippen LogP contribution in [-0.2, 0) is 23.0 Å². The highest BCUT2D eigenvalue weighted by Gasteiger charge is 2.48. The maximum atomic E-state index is 12.8. The van der Waals surface area contributed by atoms with E-state index in [0.717, 1.165) is 44.3 Å². The predicted molar refractivity (Wildman–Crippen MR) is 89.1 cm³/mol. The van der Waals surface area contributed by atoms with Crippen molar-refractivity contribution >= 4 is 5.91 Å². The largest absolute Gasteiger partial charge is 0.381 e. The van der Waals surface area contributed by atoms with Crippen molar-refractivity contribution in [2.45, 2.75) is 64.5 Å². The molecule has 5 nitrogen and oxygen atoms in total. The van der Waals surface area contributed by atoms with Crippen LogP contribution in [0.4, 0.5) is 0 Å². The summed E-state index contributed by atoms with van der Waals surface area (Å²) in [6.07, 6.45) is 7.97. The lowest BCUT2D eigenvalue weighted by atomic mass is 9.71. The van der Waals surface area contributed by atoms with Gasteiger partial charge in [-0.3, -0.25) is 9.48 Å². The molecule has 1 saturated carbocycles. The van der Waals surface area contributed by atoms with Crippen LogP contribution >= 0.6 is 0 Å².